The lowest BCUT2D eigenvalue weighted by atomic mass is 9.85. The highest BCUT2D eigenvalue weighted by molar-refractivity contribution is 5.17. The van der Waals surface area contributed by atoms with Crippen molar-refractivity contribution in [2.24, 2.45) is 5.73 Å². The molecule has 15 heavy (non-hydrogen) atoms. The maximum absolute atomic E-state index is 6.09. The highest BCUT2D eigenvalue weighted by Crippen LogP contribution is 2.32. The summed E-state index contributed by atoms with van der Waals surface area (Å²) in [6.07, 6.45) is 2.21. The minimum Gasteiger partial charge on any atom is -0.379 e. The molecule has 2 aliphatic heterocycles. The first kappa shape index (κ1) is 9.30. The van der Waals surface area contributed by atoms with Crippen molar-refractivity contribution in [3.63, 3.8) is 0 Å². The molecule has 2 N–H and O–H groups in total. The van der Waals surface area contributed by atoms with E-state index in [1.807, 2.05) is 0 Å². The summed E-state index contributed by atoms with van der Waals surface area (Å²) in [6, 6.07) is 0.0337. The Hall–Kier alpha value is -0.940. The van der Waals surface area contributed by atoms with Crippen LogP contribution in [0.1, 0.15) is 25.0 Å². The van der Waals surface area contributed by atoms with Gasteiger partial charge in [-0.05, 0) is 13.3 Å². The van der Waals surface area contributed by atoms with Crippen LogP contribution in [-0.4, -0.2) is 34.0 Å². The highest BCUT2D eigenvalue weighted by Gasteiger charge is 2.44. The Morgan fingerprint density at radius 1 is 1.53 bits per heavy atom. The molecule has 0 aromatic carbocycles. The molecule has 0 aliphatic carbocycles. The molecule has 82 valence electrons. The fourth-order valence-electron chi connectivity index (χ4n) is 2.49. The molecule has 3 rings (SSSR count). The van der Waals surface area contributed by atoms with Crippen molar-refractivity contribution in [3.8, 4) is 0 Å². The number of nitrogens with two attached hydrogens (primary N) is 1. The normalized spacial score (nSPS) is 34.7. The third-order valence-electron chi connectivity index (χ3n) is 3.64. The molecule has 1 fully saturated rings. The number of fused-ring (bicyclic) bond motifs is 1. The fourth-order valence-corrected chi connectivity index (χ4v) is 2.49. The second kappa shape index (κ2) is 3.02. The van der Waals surface area contributed by atoms with Crippen LogP contribution in [0.5, 0.6) is 0 Å². The van der Waals surface area contributed by atoms with Gasteiger partial charge in [0, 0.05) is 19.0 Å². The summed E-state index contributed by atoms with van der Waals surface area (Å²) in [5, 5.41) is 8.52. The first-order chi connectivity index (χ1) is 7.22. The number of rotatable bonds is 1. The molecule has 1 aromatic rings. The van der Waals surface area contributed by atoms with E-state index >= 15 is 0 Å². The lowest BCUT2D eigenvalue weighted by Crippen LogP contribution is -2.43. The van der Waals surface area contributed by atoms with Crippen LogP contribution in [0.4, 0.5) is 0 Å². The van der Waals surface area contributed by atoms with Crippen molar-refractivity contribution in [1.29, 1.82) is 0 Å². The number of ether oxygens (including phenoxy) is 1. The minimum absolute atomic E-state index is 0.0337. The van der Waals surface area contributed by atoms with Crippen LogP contribution in [0.15, 0.2) is 0 Å². The van der Waals surface area contributed by atoms with E-state index in [0.29, 0.717) is 13.2 Å². The summed E-state index contributed by atoms with van der Waals surface area (Å²) in [5.74, 6) is 2.12. The minimum atomic E-state index is -0.157. The molecule has 0 saturated carbocycles. The van der Waals surface area contributed by atoms with Crippen LogP contribution in [0, 0.1) is 0 Å². The lowest BCUT2D eigenvalue weighted by Gasteiger charge is -2.25. The van der Waals surface area contributed by atoms with Gasteiger partial charge in [0.25, 0.3) is 0 Å². The summed E-state index contributed by atoms with van der Waals surface area (Å²) in [5.41, 5.74) is 5.94. The Balaban J connectivity index is 2.05. The molecule has 0 bridgehead atoms. The van der Waals surface area contributed by atoms with Crippen LogP contribution in [0.2, 0.25) is 0 Å². The standard InChI is InChI=1S/C10H16N4O/c1-10(6-15-5-7(10)11)9-13-12-8-3-2-4-14(8)9/h7H,2-6,11H2,1H3. The Morgan fingerprint density at radius 2 is 2.40 bits per heavy atom. The van der Waals surface area contributed by atoms with Gasteiger partial charge < -0.3 is 15.0 Å². The maximum atomic E-state index is 6.09. The molecule has 3 heterocycles. The number of aromatic nitrogens is 3. The van der Waals surface area contributed by atoms with Crippen LogP contribution >= 0.6 is 0 Å². The summed E-state index contributed by atoms with van der Waals surface area (Å²) in [4.78, 5) is 0. The Morgan fingerprint density at radius 3 is 3.13 bits per heavy atom. The maximum Gasteiger partial charge on any atom is 0.142 e. The van der Waals surface area contributed by atoms with Crippen LogP contribution in [-0.2, 0) is 23.1 Å². The van der Waals surface area contributed by atoms with Crippen molar-refractivity contribution >= 4 is 0 Å². The van der Waals surface area contributed by atoms with Gasteiger partial charge in [-0.1, -0.05) is 0 Å². The predicted molar refractivity (Wildman–Crippen MR) is 54.5 cm³/mol. The van der Waals surface area contributed by atoms with Crippen LogP contribution < -0.4 is 5.73 Å². The van der Waals surface area contributed by atoms with Crippen LogP contribution in [0.3, 0.4) is 0 Å². The van der Waals surface area contributed by atoms with E-state index in [9.17, 15) is 0 Å². The van der Waals surface area contributed by atoms with Gasteiger partial charge >= 0.3 is 0 Å². The van der Waals surface area contributed by atoms with E-state index in [4.69, 9.17) is 10.5 Å². The predicted octanol–water partition coefficient (Wildman–Crippen LogP) is -0.160. The lowest BCUT2D eigenvalue weighted by molar-refractivity contribution is 0.177. The third-order valence-corrected chi connectivity index (χ3v) is 3.64. The second-order valence-electron chi connectivity index (χ2n) is 4.73. The highest BCUT2D eigenvalue weighted by atomic mass is 16.5. The van der Waals surface area contributed by atoms with Gasteiger partial charge in [0.05, 0.1) is 18.6 Å². The second-order valence-corrected chi connectivity index (χ2v) is 4.73. The number of nitrogens with zero attached hydrogens (tertiary/aromatic N) is 3. The molecule has 2 aliphatic rings. The van der Waals surface area contributed by atoms with Crippen molar-refractivity contribution in [2.75, 3.05) is 13.2 Å². The average Bonchev–Trinajstić information content (AvgIpc) is 2.82. The van der Waals surface area contributed by atoms with Crippen molar-refractivity contribution in [3.05, 3.63) is 11.6 Å². The number of hydrogen-bond acceptors (Lipinski definition) is 4. The van der Waals surface area contributed by atoms with E-state index in [1.165, 1.54) is 6.42 Å². The molecule has 0 spiro atoms. The van der Waals surface area contributed by atoms with Crippen molar-refractivity contribution < 1.29 is 4.74 Å². The topological polar surface area (TPSA) is 66.0 Å². The molecule has 0 amide bonds. The van der Waals surface area contributed by atoms with Crippen molar-refractivity contribution in [2.45, 2.75) is 37.8 Å². The summed E-state index contributed by atoms with van der Waals surface area (Å²) < 4.78 is 7.67. The van der Waals surface area contributed by atoms with Gasteiger partial charge in [0.1, 0.15) is 11.6 Å². The Bertz CT molecular complexity index is 389. The number of hydrogen-bond donors (Lipinski definition) is 1. The van der Waals surface area contributed by atoms with E-state index in [-0.39, 0.29) is 11.5 Å². The summed E-state index contributed by atoms with van der Waals surface area (Å²) >= 11 is 0. The molecule has 5 heteroatoms. The fraction of sp³-hybridized carbons (Fsp3) is 0.800. The summed E-state index contributed by atoms with van der Waals surface area (Å²) in [7, 11) is 0. The van der Waals surface area contributed by atoms with Gasteiger partial charge in [-0.2, -0.15) is 0 Å². The Labute approximate surface area is 88.6 Å². The zero-order valence-corrected chi connectivity index (χ0v) is 8.94. The first-order valence-electron chi connectivity index (χ1n) is 5.48. The summed E-state index contributed by atoms with van der Waals surface area (Å²) in [6.45, 7) is 4.44. The third kappa shape index (κ3) is 1.16. The van der Waals surface area contributed by atoms with Crippen LogP contribution in [0.25, 0.3) is 0 Å². The smallest absolute Gasteiger partial charge is 0.142 e. The van der Waals surface area contributed by atoms with Gasteiger partial charge in [0.2, 0.25) is 0 Å². The number of aryl methyl sites for hydroxylation is 1. The molecule has 2 atom stereocenters. The van der Waals surface area contributed by atoms with Gasteiger partial charge in [-0.3, -0.25) is 0 Å². The van der Waals surface area contributed by atoms with E-state index < -0.39 is 0 Å². The first-order valence-corrected chi connectivity index (χ1v) is 5.48. The monoisotopic (exact) mass is 208 g/mol. The van der Waals surface area contributed by atoms with E-state index in [1.54, 1.807) is 0 Å². The molecular weight excluding hydrogens is 192 g/mol. The van der Waals surface area contributed by atoms with Gasteiger partial charge in [0.15, 0.2) is 0 Å². The molecule has 5 nitrogen and oxygen atoms in total. The largest absolute Gasteiger partial charge is 0.379 e. The quantitative estimate of drug-likeness (QED) is 0.696. The zero-order chi connectivity index (χ0) is 10.5. The SMILES string of the molecule is CC1(c2nnc3n2CCC3)COCC1N. The molecule has 2 unspecified atom stereocenters. The van der Waals surface area contributed by atoms with Crippen molar-refractivity contribution in [1.82, 2.24) is 14.8 Å². The van der Waals surface area contributed by atoms with E-state index in [0.717, 1.165) is 24.6 Å². The Kier molecular flexibility index (Phi) is 1.87. The van der Waals surface area contributed by atoms with Gasteiger partial charge in [-0.15, -0.1) is 10.2 Å². The molecule has 1 aromatic heterocycles. The zero-order valence-electron chi connectivity index (χ0n) is 8.94. The van der Waals surface area contributed by atoms with Gasteiger partial charge in [-0.25, -0.2) is 0 Å². The van der Waals surface area contributed by atoms with E-state index in [2.05, 4.69) is 21.7 Å². The molecule has 1 saturated heterocycles. The molecule has 0 radical (unpaired) electrons. The molecular formula is C10H16N4O. The average molecular weight is 208 g/mol.